The van der Waals surface area contributed by atoms with Crippen molar-refractivity contribution in [2.24, 2.45) is 0 Å². The number of piperazine rings is 1. The van der Waals surface area contributed by atoms with Crippen molar-refractivity contribution in [2.75, 3.05) is 52.4 Å². The molecular weight excluding hydrogens is 422 g/mol. The van der Waals surface area contributed by atoms with Gasteiger partial charge in [0.25, 0.3) is 0 Å². The maximum absolute atomic E-state index is 12.7. The number of carbonyl (C=O) groups excluding carboxylic acids is 1. The average Bonchev–Trinajstić information content (AvgIpc) is 3.42. The Bertz CT molecular complexity index is 1080. The maximum Gasteiger partial charge on any atom is 0.246 e. The van der Waals surface area contributed by atoms with E-state index in [0.717, 1.165) is 17.2 Å². The highest BCUT2D eigenvalue weighted by molar-refractivity contribution is 5.92. The lowest BCUT2D eigenvalue weighted by Gasteiger charge is -2.34. The monoisotopic (exact) mass is 449 g/mol. The van der Waals surface area contributed by atoms with Crippen LogP contribution in [-0.4, -0.2) is 73.1 Å². The Morgan fingerprint density at radius 2 is 1.48 bits per heavy atom. The van der Waals surface area contributed by atoms with Crippen LogP contribution in [-0.2, 0) is 4.79 Å². The number of ether oxygens (including phenoxy) is 3. The molecule has 172 valence electrons. The summed E-state index contributed by atoms with van der Waals surface area (Å²) in [5.41, 5.74) is 0.787. The zero-order valence-electron chi connectivity index (χ0n) is 19.0. The summed E-state index contributed by atoms with van der Waals surface area (Å²) in [5, 5.41) is 8.66. The number of hydrogen-bond donors (Lipinski definition) is 0. The molecule has 0 saturated carbocycles. The highest BCUT2D eigenvalue weighted by atomic mass is 16.5. The summed E-state index contributed by atoms with van der Waals surface area (Å²) in [6.07, 6.45) is 7.19. The first-order valence-corrected chi connectivity index (χ1v) is 10.6. The van der Waals surface area contributed by atoms with E-state index < -0.39 is 0 Å². The number of carbonyl (C=O) groups is 1. The van der Waals surface area contributed by atoms with Gasteiger partial charge in [0, 0.05) is 44.6 Å². The van der Waals surface area contributed by atoms with Crippen molar-refractivity contribution in [3.05, 3.63) is 60.4 Å². The molecule has 0 bridgehead atoms. The van der Waals surface area contributed by atoms with Crippen LogP contribution in [0.2, 0.25) is 0 Å². The first-order valence-electron chi connectivity index (χ1n) is 10.6. The van der Waals surface area contributed by atoms with E-state index in [1.807, 2.05) is 46.1 Å². The molecule has 3 heterocycles. The molecule has 9 heteroatoms. The minimum Gasteiger partial charge on any atom is -0.493 e. The molecule has 4 rings (SSSR count). The number of benzene rings is 1. The van der Waals surface area contributed by atoms with Crippen molar-refractivity contribution in [3.8, 4) is 23.1 Å². The van der Waals surface area contributed by atoms with Crippen LogP contribution in [0, 0.1) is 0 Å². The van der Waals surface area contributed by atoms with E-state index in [1.165, 1.54) is 0 Å². The second-order valence-electron chi connectivity index (χ2n) is 7.44. The second-order valence-corrected chi connectivity index (χ2v) is 7.44. The number of hydrogen-bond acceptors (Lipinski definition) is 7. The SMILES string of the molecule is COc1cc(/C=C/C(=O)N2CCN(c3ccc(-n4cccc4)nn3)CC2)cc(OC)c1OC. The van der Waals surface area contributed by atoms with Crippen LogP contribution in [0.5, 0.6) is 17.2 Å². The van der Waals surface area contributed by atoms with Crippen molar-refractivity contribution in [2.45, 2.75) is 0 Å². The van der Waals surface area contributed by atoms with E-state index in [2.05, 4.69) is 15.1 Å². The van der Waals surface area contributed by atoms with Gasteiger partial charge in [-0.05, 0) is 48.0 Å². The van der Waals surface area contributed by atoms with Crippen LogP contribution in [0.1, 0.15) is 5.56 Å². The molecule has 1 aliphatic rings. The Labute approximate surface area is 192 Å². The molecule has 0 N–H and O–H groups in total. The van der Waals surface area contributed by atoms with Gasteiger partial charge in [-0.2, -0.15) is 0 Å². The Kier molecular flexibility index (Phi) is 6.77. The van der Waals surface area contributed by atoms with E-state index in [9.17, 15) is 4.79 Å². The van der Waals surface area contributed by atoms with Gasteiger partial charge >= 0.3 is 0 Å². The predicted molar refractivity (Wildman–Crippen MR) is 125 cm³/mol. The van der Waals surface area contributed by atoms with Gasteiger partial charge < -0.3 is 28.6 Å². The summed E-state index contributed by atoms with van der Waals surface area (Å²) in [6, 6.07) is 11.4. The van der Waals surface area contributed by atoms with Crippen molar-refractivity contribution in [1.29, 1.82) is 0 Å². The van der Waals surface area contributed by atoms with Gasteiger partial charge in [-0.1, -0.05) is 0 Å². The zero-order valence-corrected chi connectivity index (χ0v) is 19.0. The molecular formula is C24H27N5O4. The number of anilines is 1. The fourth-order valence-electron chi connectivity index (χ4n) is 3.74. The smallest absolute Gasteiger partial charge is 0.246 e. The standard InChI is InChI=1S/C24H27N5O4/c1-31-19-16-18(17-20(32-2)24(19)33-3)6-9-23(30)29-14-12-28(13-15-29)22-8-7-21(25-26-22)27-10-4-5-11-27/h4-11,16-17H,12-15H2,1-3H3/b9-6+. The van der Waals surface area contributed by atoms with E-state index in [0.29, 0.717) is 43.4 Å². The summed E-state index contributed by atoms with van der Waals surface area (Å²) in [7, 11) is 4.68. The molecule has 0 unspecified atom stereocenters. The van der Waals surface area contributed by atoms with Crippen molar-refractivity contribution in [3.63, 3.8) is 0 Å². The van der Waals surface area contributed by atoms with Gasteiger partial charge in [-0.3, -0.25) is 4.79 Å². The first kappa shape index (κ1) is 22.2. The van der Waals surface area contributed by atoms with Crippen LogP contribution in [0.25, 0.3) is 11.9 Å². The lowest BCUT2D eigenvalue weighted by Crippen LogP contribution is -2.48. The average molecular weight is 450 g/mol. The normalized spacial score (nSPS) is 13.9. The Balaban J connectivity index is 1.36. The number of rotatable bonds is 7. The van der Waals surface area contributed by atoms with Gasteiger partial charge in [0.1, 0.15) is 0 Å². The maximum atomic E-state index is 12.7. The Hall–Kier alpha value is -4.01. The van der Waals surface area contributed by atoms with Gasteiger partial charge in [-0.15, -0.1) is 10.2 Å². The minimum absolute atomic E-state index is 0.0440. The second kappa shape index (κ2) is 10.1. The zero-order chi connectivity index (χ0) is 23.2. The molecule has 0 aliphatic carbocycles. The lowest BCUT2D eigenvalue weighted by molar-refractivity contribution is -0.126. The van der Waals surface area contributed by atoms with Crippen LogP contribution in [0.15, 0.2) is 54.9 Å². The molecule has 1 aromatic carbocycles. The van der Waals surface area contributed by atoms with Crippen molar-refractivity contribution >= 4 is 17.8 Å². The molecule has 33 heavy (non-hydrogen) atoms. The lowest BCUT2D eigenvalue weighted by atomic mass is 10.1. The quantitative estimate of drug-likeness (QED) is 0.513. The van der Waals surface area contributed by atoms with Crippen molar-refractivity contribution < 1.29 is 19.0 Å². The summed E-state index contributed by atoms with van der Waals surface area (Å²) in [5.74, 6) is 3.14. The largest absolute Gasteiger partial charge is 0.493 e. The summed E-state index contributed by atoms with van der Waals surface area (Å²) >= 11 is 0. The van der Waals surface area contributed by atoms with E-state index in [4.69, 9.17) is 14.2 Å². The molecule has 1 fully saturated rings. The Morgan fingerprint density at radius 3 is 2.03 bits per heavy atom. The molecule has 9 nitrogen and oxygen atoms in total. The topological polar surface area (TPSA) is 82.0 Å². The van der Waals surface area contributed by atoms with E-state index in [-0.39, 0.29) is 5.91 Å². The van der Waals surface area contributed by atoms with Gasteiger partial charge in [0.15, 0.2) is 23.1 Å². The highest BCUT2D eigenvalue weighted by Gasteiger charge is 2.21. The summed E-state index contributed by atoms with van der Waals surface area (Å²) in [6.45, 7) is 2.61. The Morgan fingerprint density at radius 1 is 0.879 bits per heavy atom. The fourth-order valence-corrected chi connectivity index (χ4v) is 3.74. The number of aromatic nitrogens is 3. The van der Waals surface area contributed by atoms with Crippen LogP contribution >= 0.6 is 0 Å². The number of nitrogens with zero attached hydrogens (tertiary/aromatic N) is 5. The number of amides is 1. The predicted octanol–water partition coefficient (Wildman–Crippen LogP) is 2.66. The van der Waals surface area contributed by atoms with E-state index >= 15 is 0 Å². The highest BCUT2D eigenvalue weighted by Crippen LogP contribution is 2.38. The molecule has 2 aromatic heterocycles. The molecule has 1 aliphatic heterocycles. The van der Waals surface area contributed by atoms with Gasteiger partial charge in [0.05, 0.1) is 21.3 Å². The third kappa shape index (κ3) is 4.92. The molecule has 1 saturated heterocycles. The molecule has 0 radical (unpaired) electrons. The fraction of sp³-hybridized carbons (Fsp3) is 0.292. The number of methoxy groups -OCH3 is 3. The molecule has 1 amide bonds. The molecule has 3 aromatic rings. The molecule has 0 spiro atoms. The van der Waals surface area contributed by atoms with Crippen molar-refractivity contribution in [1.82, 2.24) is 19.7 Å². The minimum atomic E-state index is -0.0440. The summed E-state index contributed by atoms with van der Waals surface area (Å²) < 4.78 is 18.0. The van der Waals surface area contributed by atoms with Gasteiger partial charge in [-0.25, -0.2) is 0 Å². The van der Waals surface area contributed by atoms with E-state index in [1.54, 1.807) is 45.6 Å². The first-order chi connectivity index (χ1) is 16.1. The van der Waals surface area contributed by atoms with Crippen LogP contribution in [0.3, 0.4) is 0 Å². The van der Waals surface area contributed by atoms with Gasteiger partial charge in [0.2, 0.25) is 11.7 Å². The van der Waals surface area contributed by atoms with Crippen LogP contribution in [0.4, 0.5) is 5.82 Å². The third-order valence-electron chi connectivity index (χ3n) is 5.53. The summed E-state index contributed by atoms with van der Waals surface area (Å²) in [4.78, 5) is 16.7. The third-order valence-corrected chi connectivity index (χ3v) is 5.53. The molecule has 0 atom stereocenters. The van der Waals surface area contributed by atoms with Crippen LogP contribution < -0.4 is 19.1 Å².